The van der Waals surface area contributed by atoms with Crippen molar-refractivity contribution >= 4 is 56.7 Å². The van der Waals surface area contributed by atoms with Crippen molar-refractivity contribution in [3.63, 3.8) is 0 Å². The highest BCUT2D eigenvalue weighted by Crippen LogP contribution is 2.72. The number of amides is 1. The van der Waals surface area contributed by atoms with Gasteiger partial charge in [-0.05, 0) is 186 Å². The van der Waals surface area contributed by atoms with Gasteiger partial charge in [-0.25, -0.2) is 18.7 Å². The summed E-state index contributed by atoms with van der Waals surface area (Å²) in [6, 6.07) is 5.32. The third kappa shape index (κ3) is 16.4. The predicted octanol–water partition coefficient (Wildman–Crippen LogP) is 11.4. The summed E-state index contributed by atoms with van der Waals surface area (Å²) in [5.41, 5.74) is 1.93. The molecule has 0 spiro atoms. The third-order valence-corrected chi connectivity index (χ3v) is 29.8. The van der Waals surface area contributed by atoms with Gasteiger partial charge in [0.2, 0.25) is 0 Å². The maximum absolute atomic E-state index is 14.3. The van der Waals surface area contributed by atoms with E-state index in [1.165, 1.54) is 24.3 Å². The van der Waals surface area contributed by atoms with Gasteiger partial charge in [0.1, 0.15) is 19.0 Å². The number of carbonyl (C=O) groups is 6. The second kappa shape index (κ2) is 33.8. The Kier molecular flexibility index (Phi) is 25.3. The van der Waals surface area contributed by atoms with Crippen molar-refractivity contribution in [3.05, 3.63) is 82.0 Å². The first-order chi connectivity index (χ1) is 53.4. The SMILES string of the molecule is CCCC1O[C@@H]2C[C@H]3[C@@H]4CCC5=CC(=O)C=C[C@]5(C)[C@H]4[C@@H](O)C[C@]3(C)[C@]2(C(=O)COP(=O)(O)OCCN)O1.CCCC1O[C@@H]2C[C@H]3[C@@H]4CCC5=CC(=O)C=C[C@]5(C)[C@H]4[C@@H](O)C[C@]3(C)[C@]2(C(=O)COP(=O)(O)OCCNC(=O)OCC2C3CCC#CCCC32)O1.O=C(OCC1C2CCC#CCCC21)Oc1ccc([N+](=O)[O-])cc1. The van der Waals surface area contributed by atoms with Crippen molar-refractivity contribution in [1.82, 2.24) is 5.32 Å². The van der Waals surface area contributed by atoms with Crippen LogP contribution in [0.1, 0.15) is 170 Å². The number of benzene rings is 1. The lowest BCUT2D eigenvalue weighted by Gasteiger charge is -2.59. The van der Waals surface area contributed by atoms with E-state index in [1.54, 1.807) is 24.3 Å². The Morgan fingerprint density at radius 1 is 0.625 bits per heavy atom. The molecule has 0 radical (unpaired) electrons. The van der Waals surface area contributed by atoms with Crippen molar-refractivity contribution in [2.75, 3.05) is 52.7 Å². The Balaban J connectivity index is 0.000000158. The number of non-ortho nitro benzene ring substituents is 1. The molecule has 612 valence electrons. The first kappa shape index (κ1) is 83.8. The minimum absolute atomic E-state index is 0.00579. The molecule has 12 aliphatic carbocycles. The molecule has 0 bridgehead atoms. The lowest BCUT2D eigenvalue weighted by Crippen LogP contribution is -2.63. The van der Waals surface area contributed by atoms with Crippen LogP contribution in [0.15, 0.2) is 71.9 Å². The van der Waals surface area contributed by atoms with E-state index < -0.39 is 127 Å². The molecule has 30 heteroatoms. The lowest BCUT2D eigenvalue weighted by atomic mass is 9.46. The van der Waals surface area contributed by atoms with Gasteiger partial charge in [0.15, 0.2) is 46.9 Å². The Bertz CT molecular complexity index is 4090. The number of nitro groups is 1. The fourth-order valence-electron chi connectivity index (χ4n) is 22.8. The molecule has 15 rings (SSSR count). The fraction of sp³-hybridized carbons (Fsp3) is 0.707. The Morgan fingerprint density at radius 2 is 1.05 bits per heavy atom. The van der Waals surface area contributed by atoms with E-state index in [-0.39, 0.29) is 91.2 Å². The number of Topliss-reactive ketones (excluding diaryl/α,β-unsaturated/α-hetero) is 2. The van der Waals surface area contributed by atoms with Crippen LogP contribution in [0.3, 0.4) is 0 Å². The van der Waals surface area contributed by atoms with Gasteiger partial charge in [0, 0.05) is 84.4 Å². The van der Waals surface area contributed by atoms with Crippen LogP contribution in [0.4, 0.5) is 15.3 Å². The molecule has 8 saturated carbocycles. The number of aliphatic hydroxyl groups is 2. The summed E-state index contributed by atoms with van der Waals surface area (Å²) in [6.45, 7) is 10.8. The number of nitrogens with two attached hydrogens (primary N) is 1. The van der Waals surface area contributed by atoms with Crippen LogP contribution in [0.25, 0.3) is 0 Å². The largest absolute Gasteiger partial charge is 0.513 e. The molecular weight excluding hydrogens is 1490 g/mol. The van der Waals surface area contributed by atoms with Crippen LogP contribution in [-0.4, -0.2) is 161 Å². The van der Waals surface area contributed by atoms with E-state index in [0.717, 1.165) is 101 Å². The van der Waals surface area contributed by atoms with Crippen LogP contribution in [0, 0.1) is 126 Å². The number of ether oxygens (including phenoxy) is 7. The number of fused-ring (bicyclic) bond motifs is 16. The monoisotopic (exact) mass is 1600 g/mol. The first-order valence-corrected chi connectivity index (χ1v) is 43.2. The van der Waals surface area contributed by atoms with Crippen molar-refractivity contribution in [1.29, 1.82) is 0 Å². The summed E-state index contributed by atoms with van der Waals surface area (Å²) in [5, 5.41) is 36.7. The summed E-state index contributed by atoms with van der Waals surface area (Å²) in [7, 11) is -9.18. The number of allylic oxidation sites excluding steroid dienone is 8. The minimum atomic E-state index is -4.70. The smallest absolute Gasteiger partial charge is 0.449 e. The molecule has 2 aliphatic heterocycles. The molecule has 10 fully saturated rings. The molecule has 28 nitrogen and oxygen atoms in total. The van der Waals surface area contributed by atoms with Crippen LogP contribution in [0.5, 0.6) is 5.75 Å². The predicted molar refractivity (Wildman–Crippen MR) is 402 cm³/mol. The molecule has 14 aliphatic rings. The standard InChI is InChI=1S/C38H52NO11P.C27H40NO9P.C17H17NO5/c1-4-9-33-49-32-19-29-27-13-12-23-18-24(40)14-15-36(23,2)34(27)30(41)20-37(29,3)38(32,50-33)31(42)22-48-51(44,45)47-17-16-39-35(43)46-21-28-25-10-7-5-6-8-11-26(25)28;1-4-5-23-36-22-13-19-18-7-6-16-12-17(29)8-9-25(16,2)24(18)20(30)14-26(19,3)27(22,37-23)21(31)15-35-38(32,33)34-11-10-28;19-17(23-13-9-7-12(8-10-13)18(20)21)22-11-16-14-5-3-1-2-4-6-15(14)16/h14-15,18,25-30,32-34,41H,4,7-13,16-17,19-22H2,1-3H3,(H,39,43)(H,44,45);8-9,12,18-20,22-24,30H,4-7,10-11,13-15,28H2,1-3H3,(H,32,33);7-10,14-16H,3-6,11H2/t25?,26?,27-,28?,29-,30-,32+,33?,34+,36-,37-,38+;18-,19-,20-,22+,23?,24+,25-,26-,27+;/m00./s1. The van der Waals surface area contributed by atoms with E-state index in [2.05, 4.69) is 42.8 Å². The van der Waals surface area contributed by atoms with Crippen molar-refractivity contribution in [2.24, 2.45) is 98.4 Å². The van der Waals surface area contributed by atoms with Gasteiger partial charge >= 0.3 is 27.9 Å². The van der Waals surface area contributed by atoms with Crippen LogP contribution in [0.2, 0.25) is 0 Å². The Morgan fingerprint density at radius 3 is 1.47 bits per heavy atom. The van der Waals surface area contributed by atoms with Gasteiger partial charge in [0.05, 0.1) is 55.8 Å². The van der Waals surface area contributed by atoms with Crippen molar-refractivity contribution in [2.45, 2.75) is 218 Å². The molecule has 8 unspecified atom stereocenters. The molecule has 2 saturated heterocycles. The number of nitrogens with zero attached hydrogens (tertiary/aromatic N) is 1. The van der Waals surface area contributed by atoms with Gasteiger partial charge < -0.3 is 64.2 Å². The lowest BCUT2D eigenvalue weighted by molar-refractivity contribution is -0.384. The summed E-state index contributed by atoms with van der Waals surface area (Å²) < 4.78 is 86.9. The third-order valence-electron chi connectivity index (χ3n) is 27.9. The molecule has 7 N–H and O–H groups in total. The molecule has 1 aromatic rings. The van der Waals surface area contributed by atoms with Gasteiger partial charge in [0.25, 0.3) is 5.69 Å². The summed E-state index contributed by atoms with van der Waals surface area (Å²) in [6.07, 6.45) is 20.4. The number of ketones is 4. The van der Waals surface area contributed by atoms with Crippen LogP contribution < -0.4 is 15.8 Å². The topological polar surface area (TPSA) is 400 Å². The van der Waals surface area contributed by atoms with Gasteiger partial charge in [-0.3, -0.25) is 47.4 Å². The molecule has 1 amide bonds. The highest BCUT2D eigenvalue weighted by Gasteiger charge is 2.78. The van der Waals surface area contributed by atoms with Crippen molar-refractivity contribution < 1.29 is 114 Å². The number of nitrogens with one attached hydrogen (secondary N) is 1. The average Bonchev–Trinajstić information content (AvgIpc) is 1.57. The molecular formula is C82H109N3O25P2. The van der Waals surface area contributed by atoms with Gasteiger partial charge in [-0.2, -0.15) is 0 Å². The normalized spacial score (nSPS) is 40.0. The second-order valence-electron chi connectivity index (χ2n) is 33.9. The number of nitro benzene ring substituents is 1. The van der Waals surface area contributed by atoms with E-state index in [4.69, 9.17) is 57.0 Å². The maximum Gasteiger partial charge on any atom is 0.513 e. The number of phosphoric acid groups is 2. The molecule has 112 heavy (non-hydrogen) atoms. The molecule has 2 heterocycles. The van der Waals surface area contributed by atoms with Crippen LogP contribution >= 0.6 is 15.6 Å². The number of phosphoric ester groups is 2. The zero-order chi connectivity index (χ0) is 79.9. The number of hydrogen-bond acceptors (Lipinski definition) is 24. The fourth-order valence-corrected chi connectivity index (χ4v) is 24.1. The highest BCUT2D eigenvalue weighted by atomic mass is 31.2. The van der Waals surface area contributed by atoms with E-state index in [1.807, 2.05) is 39.8 Å². The summed E-state index contributed by atoms with van der Waals surface area (Å²) in [4.78, 5) is 107. The second-order valence-corrected chi connectivity index (χ2v) is 36.8. The van der Waals surface area contributed by atoms with Crippen molar-refractivity contribution in [3.8, 4) is 29.4 Å². The van der Waals surface area contributed by atoms with Crippen LogP contribution in [-0.2, 0) is 74.8 Å². The minimum Gasteiger partial charge on any atom is -0.449 e. The quantitative estimate of drug-likeness (QED) is 0.0101. The summed E-state index contributed by atoms with van der Waals surface area (Å²) in [5.74, 6) is 14.7. The number of carbonyl (C=O) groups excluding carboxylic acids is 6. The molecule has 0 aromatic heterocycles. The van der Waals surface area contributed by atoms with E-state index >= 15 is 0 Å². The van der Waals surface area contributed by atoms with Gasteiger partial charge in [-0.1, -0.05) is 77.7 Å². The first-order valence-electron chi connectivity index (χ1n) is 40.2. The molecule has 24 atom stereocenters. The van der Waals surface area contributed by atoms with Gasteiger partial charge in [-0.15, -0.1) is 23.7 Å². The van der Waals surface area contributed by atoms with E-state index in [9.17, 15) is 68.0 Å². The zero-order valence-electron chi connectivity index (χ0n) is 64.7. The molecule has 1 aromatic carbocycles. The number of hydrogen-bond donors (Lipinski definition) is 6. The Hall–Kier alpha value is -6.14. The zero-order valence-corrected chi connectivity index (χ0v) is 66.5. The number of rotatable bonds is 25. The van der Waals surface area contributed by atoms with E-state index in [0.29, 0.717) is 80.8 Å². The Labute approximate surface area is 653 Å². The highest BCUT2D eigenvalue weighted by molar-refractivity contribution is 7.47. The number of aliphatic hydroxyl groups excluding tert-OH is 2. The average molecular weight is 1600 g/mol. The number of alkyl carbamates (subject to hydrolysis) is 1. The summed E-state index contributed by atoms with van der Waals surface area (Å²) >= 11 is 0. The maximum atomic E-state index is 14.3.